The highest BCUT2D eigenvalue weighted by atomic mass is 31.0. The third kappa shape index (κ3) is 4.27. The van der Waals surface area contributed by atoms with Gasteiger partial charge in [-0.3, -0.25) is 0 Å². The summed E-state index contributed by atoms with van der Waals surface area (Å²) in [5.41, 5.74) is 2.55. The highest BCUT2D eigenvalue weighted by molar-refractivity contribution is 7.16. The van der Waals surface area contributed by atoms with Crippen molar-refractivity contribution in [3.8, 4) is 11.1 Å². The fourth-order valence-corrected chi connectivity index (χ4v) is 1.26. The second-order valence-corrected chi connectivity index (χ2v) is 3.96. The number of rotatable bonds is 1. The van der Waals surface area contributed by atoms with E-state index in [9.17, 15) is 0 Å². The van der Waals surface area contributed by atoms with E-state index in [1.54, 1.807) is 0 Å². The molecule has 78 valence electrons. The van der Waals surface area contributed by atoms with Gasteiger partial charge in [-0.1, -0.05) is 67.6 Å². The van der Waals surface area contributed by atoms with Crippen molar-refractivity contribution in [2.24, 2.45) is 0 Å². The molecule has 0 N–H and O–H groups in total. The van der Waals surface area contributed by atoms with Gasteiger partial charge in [0.1, 0.15) is 0 Å². The summed E-state index contributed by atoms with van der Waals surface area (Å²) in [6.45, 7) is 2.09. The van der Waals surface area contributed by atoms with Gasteiger partial charge in [-0.15, -0.1) is 9.24 Å². The first kappa shape index (κ1) is 11.9. The summed E-state index contributed by atoms with van der Waals surface area (Å²) in [6.07, 6.45) is 1.17. The molecule has 0 radical (unpaired) electrons. The monoisotopic (exact) mass is 216 g/mol. The van der Waals surface area contributed by atoms with Gasteiger partial charge in [0.25, 0.3) is 0 Å². The van der Waals surface area contributed by atoms with Crippen LogP contribution in [0.2, 0.25) is 0 Å². The van der Waals surface area contributed by atoms with Crippen molar-refractivity contribution >= 4 is 9.24 Å². The molecule has 0 bridgehead atoms. The molecule has 0 saturated carbocycles. The maximum atomic E-state index is 2.58. The maximum absolute atomic E-state index is 2.58. The van der Waals surface area contributed by atoms with Crippen molar-refractivity contribution in [2.45, 2.75) is 6.92 Å². The van der Waals surface area contributed by atoms with Crippen LogP contribution in [0.3, 0.4) is 0 Å². The minimum atomic E-state index is 1.17. The van der Waals surface area contributed by atoms with Crippen LogP contribution in [0.4, 0.5) is 0 Å². The summed E-state index contributed by atoms with van der Waals surface area (Å²) in [5.74, 6) is 0. The first-order valence-electron chi connectivity index (χ1n) is 5.19. The summed E-state index contributed by atoms with van der Waals surface area (Å²) in [7, 11) is 2.58. The Morgan fingerprint density at radius 2 is 1.00 bits per heavy atom. The summed E-state index contributed by atoms with van der Waals surface area (Å²) >= 11 is 0. The molecule has 0 aliphatic carbocycles. The Balaban J connectivity index is 0.000000337. The van der Waals surface area contributed by atoms with Crippen LogP contribution < -0.4 is 0 Å². The Labute approximate surface area is 94.6 Å². The van der Waals surface area contributed by atoms with Crippen molar-refractivity contribution in [1.29, 1.82) is 0 Å². The number of benzene rings is 2. The third-order valence-electron chi connectivity index (χ3n) is 1.88. The fourth-order valence-electron chi connectivity index (χ4n) is 1.26. The summed E-state index contributed by atoms with van der Waals surface area (Å²) in [5, 5.41) is 0. The minimum Gasteiger partial charge on any atom is -0.138 e. The van der Waals surface area contributed by atoms with E-state index < -0.39 is 0 Å². The Bertz CT molecular complexity index is 316. The fraction of sp³-hybridized carbons (Fsp3) is 0.143. The van der Waals surface area contributed by atoms with E-state index in [1.165, 1.54) is 17.3 Å². The molecule has 0 amide bonds. The van der Waals surface area contributed by atoms with E-state index in [2.05, 4.69) is 64.7 Å². The van der Waals surface area contributed by atoms with Crippen molar-refractivity contribution in [3.63, 3.8) is 0 Å². The van der Waals surface area contributed by atoms with Crippen LogP contribution >= 0.6 is 9.24 Å². The van der Waals surface area contributed by atoms with E-state index in [4.69, 9.17) is 0 Å². The minimum absolute atomic E-state index is 1.17. The van der Waals surface area contributed by atoms with E-state index in [0.717, 1.165) is 0 Å². The lowest BCUT2D eigenvalue weighted by Crippen LogP contribution is -1.73. The van der Waals surface area contributed by atoms with Crippen LogP contribution in [0.1, 0.15) is 6.92 Å². The Morgan fingerprint density at radius 3 is 1.27 bits per heavy atom. The number of hydrogen-bond acceptors (Lipinski definition) is 0. The molecule has 0 saturated heterocycles. The van der Waals surface area contributed by atoms with Gasteiger partial charge in [-0.05, 0) is 17.3 Å². The van der Waals surface area contributed by atoms with E-state index in [0.29, 0.717) is 0 Å². The zero-order valence-corrected chi connectivity index (χ0v) is 10.2. The molecule has 1 heteroatoms. The highest BCUT2D eigenvalue weighted by Crippen LogP contribution is 2.17. The van der Waals surface area contributed by atoms with Crippen molar-refractivity contribution in [3.05, 3.63) is 60.7 Å². The van der Waals surface area contributed by atoms with Crippen molar-refractivity contribution in [2.75, 3.05) is 6.16 Å². The molecule has 0 spiro atoms. The smallest absolute Gasteiger partial charge is 0.0184 e. The van der Waals surface area contributed by atoms with Crippen LogP contribution in [0.25, 0.3) is 11.1 Å². The largest absolute Gasteiger partial charge is 0.138 e. The van der Waals surface area contributed by atoms with Gasteiger partial charge < -0.3 is 0 Å². The lowest BCUT2D eigenvalue weighted by molar-refractivity contribution is 1.53. The third-order valence-corrected chi connectivity index (χ3v) is 1.88. The number of hydrogen-bond donors (Lipinski definition) is 0. The van der Waals surface area contributed by atoms with E-state index >= 15 is 0 Å². The van der Waals surface area contributed by atoms with E-state index in [1.807, 2.05) is 12.1 Å². The second-order valence-electron chi connectivity index (χ2n) is 3.14. The van der Waals surface area contributed by atoms with Crippen LogP contribution in [0, 0.1) is 0 Å². The van der Waals surface area contributed by atoms with Crippen molar-refractivity contribution < 1.29 is 0 Å². The Morgan fingerprint density at radius 1 is 0.733 bits per heavy atom. The predicted octanol–water partition coefficient (Wildman–Crippen LogP) is 4.24. The molecule has 2 aromatic rings. The first-order chi connectivity index (χ1) is 7.38. The average molecular weight is 216 g/mol. The molecule has 0 aromatic heterocycles. The quantitative estimate of drug-likeness (QED) is 0.625. The standard InChI is InChI=1S/C12H10.C2H7P/c1-3-7-11(8-4-1)12-9-5-2-6-10-12;1-2-3/h1-10H;2-3H2,1H3. The van der Waals surface area contributed by atoms with Gasteiger partial charge in [0.2, 0.25) is 0 Å². The second kappa shape index (κ2) is 7.20. The molecule has 0 heterocycles. The van der Waals surface area contributed by atoms with Gasteiger partial charge in [0.15, 0.2) is 0 Å². The maximum Gasteiger partial charge on any atom is -0.0184 e. The lowest BCUT2D eigenvalue weighted by Gasteiger charge is -1.98. The van der Waals surface area contributed by atoms with Crippen LogP contribution in [-0.4, -0.2) is 6.16 Å². The van der Waals surface area contributed by atoms with Gasteiger partial charge in [0.05, 0.1) is 0 Å². The molecule has 0 nitrogen and oxygen atoms in total. The van der Waals surface area contributed by atoms with Crippen LogP contribution in [-0.2, 0) is 0 Å². The van der Waals surface area contributed by atoms with Gasteiger partial charge in [-0.2, -0.15) is 0 Å². The molecular formula is C14H17P. The van der Waals surface area contributed by atoms with Gasteiger partial charge in [0, 0.05) is 0 Å². The molecular weight excluding hydrogens is 199 g/mol. The summed E-state index contributed by atoms with van der Waals surface area (Å²) in [4.78, 5) is 0. The molecule has 0 aliphatic rings. The first-order valence-corrected chi connectivity index (χ1v) is 6.00. The Kier molecular flexibility index (Phi) is 5.73. The van der Waals surface area contributed by atoms with Crippen LogP contribution in [0.5, 0.6) is 0 Å². The molecule has 15 heavy (non-hydrogen) atoms. The Hall–Kier alpha value is -1.13. The normalized spacial score (nSPS) is 8.93. The molecule has 0 aliphatic heterocycles. The predicted molar refractivity (Wildman–Crippen MR) is 72.1 cm³/mol. The molecule has 2 aromatic carbocycles. The van der Waals surface area contributed by atoms with Gasteiger partial charge in [-0.25, -0.2) is 0 Å². The zero-order valence-electron chi connectivity index (χ0n) is 9.06. The molecule has 1 atom stereocenters. The average Bonchev–Trinajstić information content (AvgIpc) is 2.32. The summed E-state index contributed by atoms with van der Waals surface area (Å²) < 4.78 is 0. The summed E-state index contributed by atoms with van der Waals surface area (Å²) in [6, 6.07) is 20.8. The SMILES string of the molecule is CCP.c1ccc(-c2ccccc2)cc1. The zero-order chi connectivity index (χ0) is 10.9. The van der Waals surface area contributed by atoms with Gasteiger partial charge >= 0.3 is 0 Å². The molecule has 1 unspecified atom stereocenters. The lowest BCUT2D eigenvalue weighted by atomic mass is 10.1. The van der Waals surface area contributed by atoms with Crippen LogP contribution in [0.15, 0.2) is 60.7 Å². The van der Waals surface area contributed by atoms with E-state index in [-0.39, 0.29) is 0 Å². The molecule has 0 fully saturated rings. The molecule has 2 rings (SSSR count). The topological polar surface area (TPSA) is 0 Å². The van der Waals surface area contributed by atoms with Crippen molar-refractivity contribution in [1.82, 2.24) is 0 Å². The highest BCUT2D eigenvalue weighted by Gasteiger charge is 1.91.